The summed E-state index contributed by atoms with van der Waals surface area (Å²) in [5, 5.41) is 18.3. The summed E-state index contributed by atoms with van der Waals surface area (Å²) >= 11 is 0. The lowest BCUT2D eigenvalue weighted by atomic mass is 9.98. The van der Waals surface area contributed by atoms with E-state index in [9.17, 15) is 4.79 Å². The molecule has 214 valence electrons. The average Bonchev–Trinajstić information content (AvgIpc) is 3.38. The SMILES string of the molecule is COc1nc(CNCCO)nc2c1CN(c1cccc(-c3cccc(OCCCNCCNC(C)=O)c3)c1C)C2. The molecule has 10 nitrogen and oxygen atoms in total. The zero-order chi connectivity index (χ0) is 28.3. The van der Waals surface area contributed by atoms with Crippen LogP contribution in [0, 0.1) is 6.92 Å². The van der Waals surface area contributed by atoms with Crippen LogP contribution in [0.25, 0.3) is 11.1 Å². The van der Waals surface area contributed by atoms with E-state index in [2.05, 4.69) is 63.1 Å². The number of aliphatic hydroxyl groups is 1. The molecule has 2 heterocycles. The first kappa shape index (κ1) is 29.3. The van der Waals surface area contributed by atoms with Gasteiger partial charge < -0.3 is 35.4 Å². The van der Waals surface area contributed by atoms with Gasteiger partial charge in [-0.25, -0.2) is 4.98 Å². The maximum Gasteiger partial charge on any atom is 0.221 e. The molecule has 4 rings (SSSR count). The molecule has 2 aromatic carbocycles. The molecule has 1 aliphatic rings. The summed E-state index contributed by atoms with van der Waals surface area (Å²) in [5.41, 5.74) is 6.58. The summed E-state index contributed by atoms with van der Waals surface area (Å²) in [4.78, 5) is 22.6. The monoisotopic (exact) mass is 548 g/mol. The summed E-state index contributed by atoms with van der Waals surface area (Å²) < 4.78 is 11.6. The van der Waals surface area contributed by atoms with E-state index in [-0.39, 0.29) is 12.5 Å². The second-order valence-electron chi connectivity index (χ2n) is 9.74. The molecule has 10 heteroatoms. The van der Waals surface area contributed by atoms with Crippen LogP contribution in [-0.2, 0) is 24.4 Å². The van der Waals surface area contributed by atoms with Crippen LogP contribution >= 0.6 is 0 Å². The van der Waals surface area contributed by atoms with Gasteiger partial charge in [-0.2, -0.15) is 4.98 Å². The summed E-state index contributed by atoms with van der Waals surface area (Å²) in [7, 11) is 1.64. The molecular formula is C30H40N6O4. The maximum atomic E-state index is 10.9. The van der Waals surface area contributed by atoms with Crippen LogP contribution in [0.15, 0.2) is 42.5 Å². The number of nitrogens with zero attached hydrogens (tertiary/aromatic N) is 3. The topological polar surface area (TPSA) is 121 Å². The Labute approximate surface area is 236 Å². The van der Waals surface area contributed by atoms with Crippen molar-refractivity contribution >= 4 is 11.6 Å². The first-order chi connectivity index (χ1) is 19.5. The van der Waals surface area contributed by atoms with E-state index < -0.39 is 0 Å². The highest BCUT2D eigenvalue weighted by Crippen LogP contribution is 2.37. The van der Waals surface area contributed by atoms with Crippen molar-refractivity contribution in [1.29, 1.82) is 0 Å². The molecule has 4 N–H and O–H groups in total. The Morgan fingerprint density at radius 2 is 1.90 bits per heavy atom. The van der Waals surface area contributed by atoms with Crippen LogP contribution in [0.2, 0.25) is 0 Å². The van der Waals surface area contributed by atoms with Crippen LogP contribution in [0.4, 0.5) is 5.69 Å². The van der Waals surface area contributed by atoms with Gasteiger partial charge in [0.25, 0.3) is 0 Å². The molecule has 0 spiro atoms. The minimum Gasteiger partial charge on any atom is -0.494 e. The lowest BCUT2D eigenvalue weighted by molar-refractivity contribution is -0.118. The highest BCUT2D eigenvalue weighted by atomic mass is 16.5. The number of benzene rings is 2. The molecule has 0 fully saturated rings. The number of aliphatic hydroxyl groups excluding tert-OH is 1. The van der Waals surface area contributed by atoms with Gasteiger partial charge in [0, 0.05) is 32.2 Å². The van der Waals surface area contributed by atoms with Crippen molar-refractivity contribution in [3.05, 3.63) is 65.1 Å². The van der Waals surface area contributed by atoms with E-state index >= 15 is 0 Å². The lowest BCUT2D eigenvalue weighted by Gasteiger charge is -2.22. The first-order valence-corrected chi connectivity index (χ1v) is 13.8. The molecule has 0 aliphatic carbocycles. The van der Waals surface area contributed by atoms with E-state index in [4.69, 9.17) is 19.6 Å². The lowest BCUT2D eigenvalue weighted by Crippen LogP contribution is -2.31. The number of hydrogen-bond donors (Lipinski definition) is 4. The number of fused-ring (bicyclic) bond motifs is 1. The van der Waals surface area contributed by atoms with E-state index in [1.807, 2.05) is 12.1 Å². The number of hydrogen-bond acceptors (Lipinski definition) is 9. The first-order valence-electron chi connectivity index (χ1n) is 13.8. The molecule has 0 radical (unpaired) electrons. The second-order valence-corrected chi connectivity index (χ2v) is 9.74. The van der Waals surface area contributed by atoms with Crippen molar-refractivity contribution in [2.45, 2.75) is 39.9 Å². The predicted octanol–water partition coefficient (Wildman–Crippen LogP) is 2.56. The minimum absolute atomic E-state index is 0.0107. The van der Waals surface area contributed by atoms with Crippen molar-refractivity contribution in [2.24, 2.45) is 0 Å². The van der Waals surface area contributed by atoms with E-state index in [0.717, 1.165) is 53.3 Å². The smallest absolute Gasteiger partial charge is 0.221 e. The normalized spacial score (nSPS) is 12.3. The number of nitrogens with one attached hydrogen (secondary N) is 3. The van der Waals surface area contributed by atoms with Gasteiger partial charge in [-0.05, 0) is 54.8 Å². The summed E-state index contributed by atoms with van der Waals surface area (Å²) in [6.45, 7) is 8.88. The van der Waals surface area contributed by atoms with Crippen molar-refractivity contribution in [2.75, 3.05) is 51.4 Å². The van der Waals surface area contributed by atoms with Gasteiger partial charge in [0.15, 0.2) is 0 Å². The molecule has 1 aliphatic heterocycles. The van der Waals surface area contributed by atoms with Crippen LogP contribution in [0.1, 0.15) is 36.0 Å². The summed E-state index contributed by atoms with van der Waals surface area (Å²) in [6, 6.07) is 14.6. The average molecular weight is 549 g/mol. The molecule has 40 heavy (non-hydrogen) atoms. The Balaban J connectivity index is 1.40. The largest absolute Gasteiger partial charge is 0.494 e. The fourth-order valence-corrected chi connectivity index (χ4v) is 4.84. The maximum absolute atomic E-state index is 10.9. The Hall–Kier alpha value is -3.73. The number of aromatic nitrogens is 2. The van der Waals surface area contributed by atoms with E-state index in [1.165, 1.54) is 12.5 Å². The quantitative estimate of drug-likeness (QED) is 0.212. The van der Waals surface area contributed by atoms with Gasteiger partial charge in [0.2, 0.25) is 11.8 Å². The summed E-state index contributed by atoms with van der Waals surface area (Å²) in [5.74, 6) is 2.10. The van der Waals surface area contributed by atoms with Crippen molar-refractivity contribution in [3.8, 4) is 22.8 Å². The number of rotatable bonds is 15. The van der Waals surface area contributed by atoms with Crippen molar-refractivity contribution in [3.63, 3.8) is 0 Å². The second kappa shape index (κ2) is 14.6. The van der Waals surface area contributed by atoms with Crippen LogP contribution in [0.3, 0.4) is 0 Å². The Morgan fingerprint density at radius 1 is 1.05 bits per heavy atom. The fourth-order valence-electron chi connectivity index (χ4n) is 4.84. The molecule has 0 saturated carbocycles. The van der Waals surface area contributed by atoms with Gasteiger partial charge >= 0.3 is 0 Å². The number of methoxy groups -OCH3 is 1. The number of anilines is 1. The Kier molecular flexibility index (Phi) is 10.7. The van der Waals surface area contributed by atoms with Gasteiger partial charge in [-0.1, -0.05) is 24.3 Å². The number of carbonyl (C=O) groups excluding carboxylic acids is 1. The number of ether oxygens (including phenoxy) is 2. The minimum atomic E-state index is -0.0107. The van der Waals surface area contributed by atoms with Crippen LogP contribution in [0.5, 0.6) is 11.6 Å². The standard InChI is InChI=1S/C30H40N6O4/c1-21-25(23-7-4-8-24(17-23)40-16-6-11-31-12-13-33-22(2)38)9-5-10-28(21)36-19-26-27(20-36)34-29(18-32-14-15-37)35-30(26)39-3/h4-5,7-10,17,31-32,37H,6,11-16,18-20H2,1-3H3,(H,33,38). The molecule has 3 aromatic rings. The molecule has 0 unspecified atom stereocenters. The highest BCUT2D eigenvalue weighted by Gasteiger charge is 2.27. The van der Waals surface area contributed by atoms with Crippen molar-refractivity contribution < 1.29 is 19.4 Å². The predicted molar refractivity (Wildman–Crippen MR) is 156 cm³/mol. The Bertz CT molecular complexity index is 1290. The molecule has 0 saturated heterocycles. The van der Waals surface area contributed by atoms with Crippen LogP contribution in [-0.4, -0.2) is 67.5 Å². The highest BCUT2D eigenvalue weighted by molar-refractivity contribution is 5.75. The molecule has 1 amide bonds. The van der Waals surface area contributed by atoms with Crippen molar-refractivity contribution in [1.82, 2.24) is 25.9 Å². The third kappa shape index (κ3) is 7.68. The molecule has 1 aromatic heterocycles. The van der Waals surface area contributed by atoms with E-state index in [1.54, 1.807) is 7.11 Å². The van der Waals surface area contributed by atoms with Gasteiger partial charge in [0.05, 0.1) is 51.2 Å². The molecule has 0 bridgehead atoms. The zero-order valence-electron chi connectivity index (χ0n) is 23.6. The third-order valence-corrected chi connectivity index (χ3v) is 6.79. The van der Waals surface area contributed by atoms with Gasteiger partial charge in [-0.3, -0.25) is 4.79 Å². The van der Waals surface area contributed by atoms with Gasteiger partial charge in [0.1, 0.15) is 11.6 Å². The zero-order valence-corrected chi connectivity index (χ0v) is 23.6. The summed E-state index contributed by atoms with van der Waals surface area (Å²) in [6.07, 6.45) is 0.875. The third-order valence-electron chi connectivity index (χ3n) is 6.79. The number of amides is 1. The Morgan fingerprint density at radius 3 is 2.70 bits per heavy atom. The molecular weight excluding hydrogens is 508 g/mol. The van der Waals surface area contributed by atoms with Crippen LogP contribution < -0.4 is 30.3 Å². The number of carbonyl (C=O) groups is 1. The fraction of sp³-hybridized carbons (Fsp3) is 0.433. The van der Waals surface area contributed by atoms with Gasteiger partial charge in [-0.15, -0.1) is 0 Å². The van der Waals surface area contributed by atoms with E-state index in [0.29, 0.717) is 51.0 Å². The molecule has 0 atom stereocenters.